The summed E-state index contributed by atoms with van der Waals surface area (Å²) in [5.74, 6) is -0.667. The number of hydrogen-bond acceptors (Lipinski definition) is 5. The molecule has 114 valence electrons. The second-order valence-electron chi connectivity index (χ2n) is 5.44. The van der Waals surface area contributed by atoms with E-state index in [-0.39, 0.29) is 24.6 Å². The van der Waals surface area contributed by atoms with E-state index in [0.717, 1.165) is 0 Å². The van der Waals surface area contributed by atoms with Crippen LogP contribution in [0.15, 0.2) is 24.3 Å². The van der Waals surface area contributed by atoms with Gasteiger partial charge in [0.15, 0.2) is 0 Å². The lowest BCUT2D eigenvalue weighted by Gasteiger charge is -2.20. The van der Waals surface area contributed by atoms with Gasteiger partial charge in [-0.25, -0.2) is 4.79 Å². The zero-order chi connectivity index (χ0) is 15.5. The Labute approximate surface area is 123 Å². The van der Waals surface area contributed by atoms with Gasteiger partial charge in [0.25, 0.3) is 0 Å². The van der Waals surface area contributed by atoms with Gasteiger partial charge in [0.2, 0.25) is 5.91 Å². The summed E-state index contributed by atoms with van der Waals surface area (Å²) in [4.78, 5) is 23.8. The van der Waals surface area contributed by atoms with Gasteiger partial charge in [-0.2, -0.15) is 0 Å². The molecule has 0 bridgehead atoms. The Balaban J connectivity index is 1.99. The number of carbonyl (C=O) groups excluding carboxylic acids is 2. The maximum absolute atomic E-state index is 12.1. The third-order valence-electron chi connectivity index (χ3n) is 3.23. The molecule has 0 aliphatic carbocycles. The van der Waals surface area contributed by atoms with Gasteiger partial charge in [0, 0.05) is 12.3 Å². The highest BCUT2D eigenvalue weighted by Crippen LogP contribution is 2.19. The average molecular weight is 292 g/mol. The standard InChI is InChI=1S/C15H20N2O4/c1-10(2)21-13(18)11-3-5-12(6-4-11)17-14(19)15(16)7-8-20-9-15/h3-6,10H,7-9,16H2,1-2H3,(H,17,19). The maximum atomic E-state index is 12.1. The van der Waals surface area contributed by atoms with Gasteiger partial charge in [-0.3, -0.25) is 4.79 Å². The van der Waals surface area contributed by atoms with Crippen molar-refractivity contribution in [1.29, 1.82) is 0 Å². The van der Waals surface area contributed by atoms with Crippen molar-refractivity contribution in [3.63, 3.8) is 0 Å². The van der Waals surface area contributed by atoms with Crippen molar-refractivity contribution in [3.05, 3.63) is 29.8 Å². The minimum atomic E-state index is -0.977. The molecule has 6 heteroatoms. The molecule has 1 saturated heterocycles. The predicted octanol–water partition coefficient (Wildman–Crippen LogP) is 1.31. The van der Waals surface area contributed by atoms with Gasteiger partial charge in [-0.1, -0.05) is 0 Å². The number of esters is 1. The molecule has 0 radical (unpaired) electrons. The summed E-state index contributed by atoms with van der Waals surface area (Å²) in [7, 11) is 0. The molecule has 21 heavy (non-hydrogen) atoms. The monoisotopic (exact) mass is 292 g/mol. The fourth-order valence-electron chi connectivity index (χ4n) is 1.99. The van der Waals surface area contributed by atoms with E-state index in [9.17, 15) is 9.59 Å². The molecule has 1 aromatic rings. The molecule has 1 fully saturated rings. The lowest BCUT2D eigenvalue weighted by atomic mass is 9.99. The molecule has 2 rings (SSSR count). The summed E-state index contributed by atoms with van der Waals surface area (Å²) in [6.07, 6.45) is 0.328. The van der Waals surface area contributed by atoms with Crippen LogP contribution < -0.4 is 11.1 Å². The van der Waals surface area contributed by atoms with E-state index in [1.165, 1.54) is 0 Å². The topological polar surface area (TPSA) is 90.7 Å². The first-order valence-corrected chi connectivity index (χ1v) is 6.90. The second-order valence-corrected chi connectivity index (χ2v) is 5.44. The summed E-state index contributed by atoms with van der Waals surface area (Å²) in [6, 6.07) is 6.51. The van der Waals surface area contributed by atoms with Crippen molar-refractivity contribution >= 4 is 17.6 Å². The molecule has 1 aliphatic heterocycles. The third-order valence-corrected chi connectivity index (χ3v) is 3.23. The highest BCUT2D eigenvalue weighted by molar-refractivity contribution is 5.98. The molecular formula is C15H20N2O4. The van der Waals surface area contributed by atoms with Crippen LogP contribution >= 0.6 is 0 Å². The molecule has 3 N–H and O–H groups in total. The first-order chi connectivity index (χ1) is 9.90. The molecule has 1 aliphatic rings. The number of hydrogen-bond donors (Lipinski definition) is 2. The second kappa shape index (κ2) is 6.24. The Morgan fingerprint density at radius 2 is 2.00 bits per heavy atom. The zero-order valence-electron chi connectivity index (χ0n) is 12.2. The van der Waals surface area contributed by atoms with Crippen LogP contribution in [0.3, 0.4) is 0 Å². The number of amides is 1. The van der Waals surface area contributed by atoms with E-state index < -0.39 is 5.54 Å². The van der Waals surface area contributed by atoms with Gasteiger partial charge in [0.1, 0.15) is 5.54 Å². The summed E-state index contributed by atoms with van der Waals surface area (Å²) in [5, 5.41) is 2.74. The van der Waals surface area contributed by atoms with Crippen molar-refractivity contribution in [1.82, 2.24) is 0 Å². The van der Waals surface area contributed by atoms with Crippen molar-refractivity contribution < 1.29 is 19.1 Å². The number of ether oxygens (including phenoxy) is 2. The minimum absolute atomic E-state index is 0.170. The molecule has 1 atom stereocenters. The normalized spacial score (nSPS) is 21.3. The van der Waals surface area contributed by atoms with E-state index in [4.69, 9.17) is 15.2 Å². The molecule has 1 unspecified atom stereocenters. The first kappa shape index (κ1) is 15.5. The Hall–Kier alpha value is -1.92. The van der Waals surface area contributed by atoms with Crippen LogP contribution in [-0.4, -0.2) is 36.7 Å². The number of nitrogens with one attached hydrogen (secondary N) is 1. The maximum Gasteiger partial charge on any atom is 0.338 e. The van der Waals surface area contributed by atoms with Gasteiger partial charge < -0.3 is 20.5 Å². The van der Waals surface area contributed by atoms with Crippen LogP contribution in [0, 0.1) is 0 Å². The van der Waals surface area contributed by atoms with E-state index in [2.05, 4.69) is 5.32 Å². The molecule has 6 nitrogen and oxygen atoms in total. The Morgan fingerprint density at radius 3 is 2.52 bits per heavy atom. The van der Waals surface area contributed by atoms with Crippen LogP contribution in [0.4, 0.5) is 5.69 Å². The Kier molecular flexibility index (Phi) is 4.59. The first-order valence-electron chi connectivity index (χ1n) is 6.90. The lowest BCUT2D eigenvalue weighted by molar-refractivity contribution is -0.121. The third kappa shape index (κ3) is 3.80. The zero-order valence-corrected chi connectivity index (χ0v) is 12.2. The van der Waals surface area contributed by atoms with Gasteiger partial charge in [-0.05, 0) is 44.5 Å². The average Bonchev–Trinajstić information content (AvgIpc) is 2.87. The van der Waals surface area contributed by atoms with Crippen LogP contribution in [-0.2, 0) is 14.3 Å². The van der Waals surface area contributed by atoms with Gasteiger partial charge >= 0.3 is 5.97 Å². The molecule has 0 spiro atoms. The fourth-order valence-corrected chi connectivity index (χ4v) is 1.99. The minimum Gasteiger partial charge on any atom is -0.459 e. The lowest BCUT2D eigenvalue weighted by Crippen LogP contribution is -2.51. The SMILES string of the molecule is CC(C)OC(=O)c1ccc(NC(=O)C2(N)CCOC2)cc1. The summed E-state index contributed by atoms with van der Waals surface area (Å²) in [5.41, 5.74) is 6.01. The van der Waals surface area contributed by atoms with Gasteiger partial charge in [-0.15, -0.1) is 0 Å². The molecule has 1 aromatic carbocycles. The summed E-state index contributed by atoms with van der Waals surface area (Å²) in [6.45, 7) is 4.29. The fraction of sp³-hybridized carbons (Fsp3) is 0.467. The number of anilines is 1. The summed E-state index contributed by atoms with van der Waals surface area (Å²) < 4.78 is 10.3. The van der Waals surface area contributed by atoms with E-state index >= 15 is 0 Å². The smallest absolute Gasteiger partial charge is 0.338 e. The number of benzene rings is 1. The van der Waals surface area contributed by atoms with Crippen LogP contribution in [0.1, 0.15) is 30.6 Å². The number of nitrogens with two attached hydrogens (primary N) is 1. The van der Waals surface area contributed by atoms with E-state index in [1.54, 1.807) is 38.1 Å². The molecule has 1 amide bonds. The molecule has 0 aromatic heterocycles. The van der Waals surface area contributed by atoms with E-state index in [1.807, 2.05) is 0 Å². The van der Waals surface area contributed by atoms with Crippen molar-refractivity contribution in [2.45, 2.75) is 31.9 Å². The van der Waals surface area contributed by atoms with Crippen molar-refractivity contribution in [2.24, 2.45) is 5.73 Å². The van der Waals surface area contributed by atoms with Crippen molar-refractivity contribution in [3.8, 4) is 0 Å². The number of rotatable bonds is 4. The Bertz CT molecular complexity index is 519. The number of carbonyl (C=O) groups is 2. The van der Waals surface area contributed by atoms with Crippen molar-refractivity contribution in [2.75, 3.05) is 18.5 Å². The van der Waals surface area contributed by atoms with Crippen LogP contribution in [0.5, 0.6) is 0 Å². The summed E-state index contributed by atoms with van der Waals surface area (Å²) >= 11 is 0. The molecule has 0 saturated carbocycles. The highest BCUT2D eigenvalue weighted by atomic mass is 16.5. The van der Waals surface area contributed by atoms with Gasteiger partial charge in [0.05, 0.1) is 18.3 Å². The quantitative estimate of drug-likeness (QED) is 0.816. The van der Waals surface area contributed by atoms with Crippen LogP contribution in [0.25, 0.3) is 0 Å². The molecular weight excluding hydrogens is 272 g/mol. The van der Waals surface area contributed by atoms with Crippen LogP contribution in [0.2, 0.25) is 0 Å². The highest BCUT2D eigenvalue weighted by Gasteiger charge is 2.38. The Morgan fingerprint density at radius 1 is 1.33 bits per heavy atom. The molecule has 1 heterocycles. The predicted molar refractivity (Wildman–Crippen MR) is 78.0 cm³/mol. The van der Waals surface area contributed by atoms with E-state index in [0.29, 0.717) is 24.3 Å². The largest absolute Gasteiger partial charge is 0.459 e.